The average molecular weight is 274 g/mol. The molecule has 0 aliphatic carbocycles. The first-order chi connectivity index (χ1) is 9.00. The first-order valence-electron chi connectivity index (χ1n) is 5.87. The van der Waals surface area contributed by atoms with Crippen molar-refractivity contribution in [3.8, 4) is 0 Å². The highest BCUT2D eigenvalue weighted by atomic mass is 32.2. The molecule has 0 heterocycles. The number of carbonyl (C=O) groups excluding carboxylic acids is 1. The fourth-order valence-corrected chi connectivity index (χ4v) is 3.09. The first-order valence-corrected chi connectivity index (χ1v) is 7.52. The van der Waals surface area contributed by atoms with E-state index in [0.717, 1.165) is 5.56 Å². The Hall–Kier alpha value is -1.94. The Morgan fingerprint density at radius 3 is 2.16 bits per heavy atom. The molecule has 0 fully saturated rings. The molecule has 2 rings (SSSR count). The molecule has 0 unspecified atom stereocenters. The van der Waals surface area contributed by atoms with E-state index in [-0.39, 0.29) is 10.7 Å². The van der Waals surface area contributed by atoms with Crippen molar-refractivity contribution in [2.24, 2.45) is 0 Å². The van der Waals surface area contributed by atoms with E-state index < -0.39 is 15.6 Å². The fourth-order valence-electron chi connectivity index (χ4n) is 1.85. The summed E-state index contributed by atoms with van der Waals surface area (Å²) in [4.78, 5) is 12.3. The Morgan fingerprint density at radius 2 is 1.53 bits per heavy atom. The maximum atomic E-state index is 12.1. The number of sulfone groups is 1. The summed E-state index contributed by atoms with van der Waals surface area (Å²) in [5.74, 6) is -0.871. The number of rotatable bonds is 4. The third-order valence-electron chi connectivity index (χ3n) is 2.87. The summed E-state index contributed by atoms with van der Waals surface area (Å²) < 4.78 is 24.2. The Morgan fingerprint density at radius 1 is 0.947 bits per heavy atom. The quantitative estimate of drug-likeness (QED) is 0.805. The van der Waals surface area contributed by atoms with Crippen LogP contribution in [-0.4, -0.2) is 20.0 Å². The second-order valence-corrected chi connectivity index (χ2v) is 6.30. The molecule has 0 N–H and O–H groups in total. The Labute approximate surface area is 112 Å². The molecule has 98 valence electrons. The Balaban J connectivity index is 2.27. The molecule has 0 saturated heterocycles. The van der Waals surface area contributed by atoms with E-state index in [1.165, 1.54) is 12.1 Å². The van der Waals surface area contributed by atoms with E-state index in [2.05, 4.69) is 0 Å². The predicted octanol–water partition coefficient (Wildman–Crippen LogP) is 2.65. The topological polar surface area (TPSA) is 51.2 Å². The maximum Gasteiger partial charge on any atom is 0.185 e. The van der Waals surface area contributed by atoms with Gasteiger partial charge in [-0.05, 0) is 24.6 Å². The summed E-state index contributed by atoms with van der Waals surface area (Å²) in [5.41, 5.74) is 1.25. The van der Waals surface area contributed by atoms with Gasteiger partial charge in [0.1, 0.15) is 5.75 Å². The van der Waals surface area contributed by atoms with Gasteiger partial charge in [-0.2, -0.15) is 0 Å². The van der Waals surface area contributed by atoms with Crippen molar-refractivity contribution < 1.29 is 13.2 Å². The van der Waals surface area contributed by atoms with Gasteiger partial charge in [-0.25, -0.2) is 8.42 Å². The van der Waals surface area contributed by atoms with Crippen LogP contribution in [0.2, 0.25) is 0 Å². The molecule has 0 radical (unpaired) electrons. The van der Waals surface area contributed by atoms with Crippen LogP contribution in [0.1, 0.15) is 15.9 Å². The summed E-state index contributed by atoms with van der Waals surface area (Å²) >= 11 is 0. The van der Waals surface area contributed by atoms with Gasteiger partial charge < -0.3 is 0 Å². The lowest BCUT2D eigenvalue weighted by molar-refractivity contribution is 0.102. The van der Waals surface area contributed by atoms with Crippen LogP contribution in [0.4, 0.5) is 0 Å². The first kappa shape index (κ1) is 13.5. The Bertz CT molecular complexity index is 688. The highest BCUT2D eigenvalue weighted by Crippen LogP contribution is 2.14. The minimum atomic E-state index is -3.57. The number of ketones is 1. The zero-order valence-corrected chi connectivity index (χ0v) is 11.4. The zero-order valence-electron chi connectivity index (χ0n) is 10.5. The number of hydrogen-bond acceptors (Lipinski definition) is 3. The van der Waals surface area contributed by atoms with E-state index in [0.29, 0.717) is 5.56 Å². The van der Waals surface area contributed by atoms with Gasteiger partial charge in [0.2, 0.25) is 0 Å². The van der Waals surface area contributed by atoms with Crippen molar-refractivity contribution in [2.45, 2.75) is 11.8 Å². The third kappa shape index (κ3) is 3.09. The molecule has 4 heteroatoms. The number of carbonyl (C=O) groups is 1. The van der Waals surface area contributed by atoms with Gasteiger partial charge in [-0.1, -0.05) is 42.5 Å². The predicted molar refractivity (Wildman–Crippen MR) is 74.0 cm³/mol. The summed E-state index contributed by atoms with van der Waals surface area (Å²) in [5, 5.41) is 0. The van der Waals surface area contributed by atoms with Crippen LogP contribution < -0.4 is 0 Å². The van der Waals surface area contributed by atoms with Crippen LogP contribution in [0.5, 0.6) is 0 Å². The molecule has 3 nitrogen and oxygen atoms in total. The van der Waals surface area contributed by atoms with E-state index in [4.69, 9.17) is 0 Å². The molecule has 0 aliphatic heterocycles. The second kappa shape index (κ2) is 5.36. The third-order valence-corrected chi connectivity index (χ3v) is 4.50. The van der Waals surface area contributed by atoms with Crippen LogP contribution in [-0.2, 0) is 9.84 Å². The smallest absolute Gasteiger partial charge is 0.185 e. The van der Waals surface area contributed by atoms with E-state index in [1.54, 1.807) is 43.3 Å². The summed E-state index contributed by atoms with van der Waals surface area (Å²) in [6, 6.07) is 15.0. The summed E-state index contributed by atoms with van der Waals surface area (Å²) in [6.45, 7) is 1.79. The maximum absolute atomic E-state index is 12.1. The van der Waals surface area contributed by atoms with Gasteiger partial charge in [0.15, 0.2) is 15.6 Å². The van der Waals surface area contributed by atoms with Crippen molar-refractivity contribution in [1.29, 1.82) is 0 Å². The minimum Gasteiger partial charge on any atom is -0.293 e. The number of Topliss-reactive ketones (excluding diaryl/α,β-unsaturated/α-hetero) is 1. The lowest BCUT2D eigenvalue weighted by Crippen LogP contribution is -2.17. The highest BCUT2D eigenvalue weighted by Gasteiger charge is 2.20. The second-order valence-electron chi connectivity index (χ2n) is 4.31. The summed E-state index contributed by atoms with van der Waals surface area (Å²) in [7, 11) is -3.57. The van der Waals surface area contributed by atoms with Crippen molar-refractivity contribution in [2.75, 3.05) is 5.75 Å². The largest absolute Gasteiger partial charge is 0.293 e. The van der Waals surface area contributed by atoms with Gasteiger partial charge >= 0.3 is 0 Å². The molecule has 0 saturated carbocycles. The minimum absolute atomic E-state index is 0.178. The molecule has 0 atom stereocenters. The molecule has 0 amide bonds. The van der Waals surface area contributed by atoms with Gasteiger partial charge in [0.05, 0.1) is 4.90 Å². The average Bonchev–Trinajstić information content (AvgIpc) is 2.39. The van der Waals surface area contributed by atoms with Crippen LogP contribution in [0.3, 0.4) is 0 Å². The molecule has 2 aromatic carbocycles. The molecular formula is C15H14O3S. The summed E-state index contributed by atoms with van der Waals surface area (Å²) in [6.07, 6.45) is 0. The Kier molecular flexibility index (Phi) is 3.81. The SMILES string of the molecule is Cc1ccccc1C(=O)CS(=O)(=O)c1ccccc1. The number of hydrogen-bond donors (Lipinski definition) is 0. The molecule has 19 heavy (non-hydrogen) atoms. The lowest BCUT2D eigenvalue weighted by atomic mass is 10.1. The molecule has 0 bridgehead atoms. The lowest BCUT2D eigenvalue weighted by Gasteiger charge is -2.06. The van der Waals surface area contributed by atoms with Crippen LogP contribution in [0.25, 0.3) is 0 Å². The van der Waals surface area contributed by atoms with Crippen molar-refractivity contribution in [3.63, 3.8) is 0 Å². The molecule has 0 aromatic heterocycles. The number of aryl methyl sites for hydroxylation is 1. The monoisotopic (exact) mass is 274 g/mol. The molecule has 2 aromatic rings. The van der Waals surface area contributed by atoms with Gasteiger partial charge in [-0.3, -0.25) is 4.79 Å². The standard InChI is InChI=1S/C15H14O3S/c1-12-7-5-6-10-14(12)15(16)11-19(17,18)13-8-3-2-4-9-13/h2-10H,11H2,1H3. The zero-order chi connectivity index (χ0) is 13.9. The normalized spacial score (nSPS) is 11.2. The highest BCUT2D eigenvalue weighted by molar-refractivity contribution is 7.92. The van der Waals surface area contributed by atoms with Gasteiger partial charge in [0.25, 0.3) is 0 Å². The van der Waals surface area contributed by atoms with E-state index in [1.807, 2.05) is 6.07 Å². The van der Waals surface area contributed by atoms with Crippen LogP contribution in [0, 0.1) is 6.92 Å². The van der Waals surface area contributed by atoms with Crippen molar-refractivity contribution in [1.82, 2.24) is 0 Å². The number of benzene rings is 2. The van der Waals surface area contributed by atoms with Crippen molar-refractivity contribution in [3.05, 3.63) is 65.7 Å². The molecule has 0 spiro atoms. The molecule has 0 aliphatic rings. The van der Waals surface area contributed by atoms with Crippen molar-refractivity contribution >= 4 is 15.6 Å². The van der Waals surface area contributed by atoms with Crippen LogP contribution in [0.15, 0.2) is 59.5 Å². The van der Waals surface area contributed by atoms with E-state index >= 15 is 0 Å². The van der Waals surface area contributed by atoms with Crippen LogP contribution >= 0.6 is 0 Å². The van der Waals surface area contributed by atoms with Gasteiger partial charge in [-0.15, -0.1) is 0 Å². The molecular weight excluding hydrogens is 260 g/mol. The fraction of sp³-hybridized carbons (Fsp3) is 0.133. The van der Waals surface area contributed by atoms with Gasteiger partial charge in [0, 0.05) is 5.56 Å². The van der Waals surface area contributed by atoms with E-state index in [9.17, 15) is 13.2 Å².